The number of fused-ring (bicyclic) bond motifs is 1. The molecule has 1 unspecified atom stereocenters. The van der Waals surface area contributed by atoms with Crippen LogP contribution < -0.4 is 20.4 Å². The first-order valence-electron chi connectivity index (χ1n) is 5.85. The topological polar surface area (TPSA) is 70.2 Å². The molecule has 0 fully saturated rings. The summed E-state index contributed by atoms with van der Waals surface area (Å²) in [6.07, 6.45) is 1.46. The summed E-state index contributed by atoms with van der Waals surface area (Å²) in [6.45, 7) is 0. The van der Waals surface area contributed by atoms with Crippen LogP contribution in [0.2, 0.25) is 0 Å². The average molecular weight is 275 g/mol. The van der Waals surface area contributed by atoms with Crippen LogP contribution in [0.3, 0.4) is 0 Å². The molecule has 6 nitrogen and oxygen atoms in total. The number of anilines is 3. The lowest BCUT2D eigenvalue weighted by Gasteiger charge is -2.15. The van der Waals surface area contributed by atoms with Crippen molar-refractivity contribution in [2.75, 3.05) is 29.2 Å². The number of rotatable bonds is 2. The summed E-state index contributed by atoms with van der Waals surface area (Å²) in [5, 5.41) is 6.76. The molecule has 1 aliphatic heterocycles. The monoisotopic (exact) mass is 275 g/mol. The van der Waals surface area contributed by atoms with Crippen LogP contribution in [0.15, 0.2) is 36.7 Å². The first-order valence-corrected chi connectivity index (χ1v) is 7.55. The van der Waals surface area contributed by atoms with Crippen molar-refractivity contribution in [2.45, 2.75) is 0 Å². The van der Waals surface area contributed by atoms with Gasteiger partial charge in [0.15, 0.2) is 11.6 Å². The zero-order chi connectivity index (χ0) is 13.5. The Morgan fingerprint density at radius 3 is 2.53 bits per heavy atom. The number of benzene rings is 1. The molecule has 0 aliphatic carbocycles. The Morgan fingerprint density at radius 1 is 1.11 bits per heavy atom. The van der Waals surface area contributed by atoms with Crippen molar-refractivity contribution in [3.05, 3.63) is 36.7 Å². The lowest BCUT2D eigenvalue weighted by molar-refractivity contribution is 0.588. The van der Waals surface area contributed by atoms with Crippen LogP contribution in [0.4, 0.5) is 17.3 Å². The molecule has 0 saturated carbocycles. The molecule has 0 bridgehead atoms. The van der Waals surface area contributed by atoms with E-state index in [-0.39, 0.29) is 0 Å². The van der Waals surface area contributed by atoms with Crippen molar-refractivity contribution in [3.8, 4) is 0 Å². The second-order valence-corrected chi connectivity index (χ2v) is 6.67. The molecule has 2 aromatic rings. The Bertz CT molecular complexity index is 658. The Balaban J connectivity index is 2.05. The van der Waals surface area contributed by atoms with E-state index in [9.17, 15) is 4.57 Å². The van der Waals surface area contributed by atoms with Gasteiger partial charge in [0.1, 0.15) is 12.0 Å². The fraction of sp³-hybridized carbons (Fsp3) is 0.167. The van der Waals surface area contributed by atoms with Crippen LogP contribution in [-0.2, 0) is 4.57 Å². The maximum absolute atomic E-state index is 12.9. The number of hydrogen-bond donors (Lipinski definition) is 2. The smallest absolute Gasteiger partial charge is 0.289 e. The molecule has 98 valence electrons. The summed E-state index contributed by atoms with van der Waals surface area (Å²) in [4.78, 5) is 10.2. The zero-order valence-corrected chi connectivity index (χ0v) is 11.6. The van der Waals surface area contributed by atoms with Gasteiger partial charge in [-0.25, -0.2) is 9.97 Å². The molecule has 19 heavy (non-hydrogen) atoms. The highest BCUT2D eigenvalue weighted by atomic mass is 31.2. The normalized spacial score (nSPS) is 20.3. The van der Waals surface area contributed by atoms with Gasteiger partial charge in [0, 0.05) is 14.1 Å². The fourth-order valence-electron chi connectivity index (χ4n) is 2.00. The summed E-state index contributed by atoms with van der Waals surface area (Å²) in [7, 11) is 0.870. The van der Waals surface area contributed by atoms with E-state index in [2.05, 4.69) is 20.1 Å². The van der Waals surface area contributed by atoms with Crippen LogP contribution in [0.5, 0.6) is 0 Å². The van der Waals surface area contributed by atoms with Crippen LogP contribution >= 0.6 is 7.44 Å². The van der Waals surface area contributed by atoms with Gasteiger partial charge in [-0.05, 0) is 12.1 Å². The molecule has 0 amide bonds. The first kappa shape index (κ1) is 12.0. The number of aromatic nitrogens is 2. The number of nitrogens with zero attached hydrogens (tertiary/aromatic N) is 3. The quantitative estimate of drug-likeness (QED) is 0.816. The summed E-state index contributed by atoms with van der Waals surface area (Å²) in [5.41, 5.74) is 0.680. The summed E-state index contributed by atoms with van der Waals surface area (Å²) in [5.74, 6) is 1.29. The lowest BCUT2D eigenvalue weighted by atomic mass is 10.4. The average Bonchev–Trinajstić information content (AvgIpc) is 2.77. The van der Waals surface area contributed by atoms with Gasteiger partial charge in [0.05, 0.1) is 5.30 Å². The van der Waals surface area contributed by atoms with Crippen molar-refractivity contribution in [1.29, 1.82) is 0 Å². The van der Waals surface area contributed by atoms with E-state index in [1.165, 1.54) is 6.33 Å². The van der Waals surface area contributed by atoms with Crippen LogP contribution in [0, 0.1) is 0 Å². The van der Waals surface area contributed by atoms with Crippen molar-refractivity contribution in [1.82, 2.24) is 9.97 Å². The van der Waals surface area contributed by atoms with E-state index in [1.807, 2.05) is 49.3 Å². The molecule has 0 saturated heterocycles. The third-order valence-corrected chi connectivity index (χ3v) is 4.99. The number of hydrogen-bond acceptors (Lipinski definition) is 4. The maximum atomic E-state index is 12.9. The molecular formula is C12H14N5OP. The molecule has 1 atom stereocenters. The van der Waals surface area contributed by atoms with Gasteiger partial charge in [0.25, 0.3) is 7.44 Å². The number of nitrogens with one attached hydrogen (secondary N) is 2. The van der Waals surface area contributed by atoms with E-state index in [0.717, 1.165) is 5.30 Å². The maximum Gasteiger partial charge on any atom is 0.289 e. The third kappa shape index (κ3) is 1.94. The molecule has 2 heterocycles. The van der Waals surface area contributed by atoms with E-state index < -0.39 is 7.44 Å². The second kappa shape index (κ2) is 4.24. The van der Waals surface area contributed by atoms with Crippen LogP contribution in [-0.4, -0.2) is 24.1 Å². The van der Waals surface area contributed by atoms with Gasteiger partial charge in [-0.2, -0.15) is 0 Å². The van der Waals surface area contributed by atoms with Crippen molar-refractivity contribution in [2.24, 2.45) is 0 Å². The minimum Gasteiger partial charge on any atom is -0.361 e. The van der Waals surface area contributed by atoms with Crippen molar-refractivity contribution in [3.63, 3.8) is 0 Å². The van der Waals surface area contributed by atoms with Gasteiger partial charge in [-0.15, -0.1) is 0 Å². The van der Waals surface area contributed by atoms with Crippen molar-refractivity contribution < 1.29 is 4.57 Å². The lowest BCUT2D eigenvalue weighted by Crippen LogP contribution is -2.14. The van der Waals surface area contributed by atoms with Gasteiger partial charge < -0.3 is 9.99 Å². The summed E-state index contributed by atoms with van der Waals surface area (Å²) >= 11 is 0. The minimum atomic E-state index is -2.90. The van der Waals surface area contributed by atoms with Gasteiger partial charge >= 0.3 is 0 Å². The van der Waals surface area contributed by atoms with E-state index in [0.29, 0.717) is 17.3 Å². The Labute approximate surface area is 111 Å². The molecular weight excluding hydrogens is 261 g/mol. The van der Waals surface area contributed by atoms with Gasteiger partial charge in [-0.1, -0.05) is 18.2 Å². The molecule has 7 heteroatoms. The molecule has 1 aromatic carbocycles. The van der Waals surface area contributed by atoms with E-state index >= 15 is 0 Å². The van der Waals surface area contributed by atoms with Gasteiger partial charge in [-0.3, -0.25) is 9.65 Å². The standard InChI is InChI=1S/C12H14N5OP/c1-17(2)12-10-11(13-8-14-12)16-19(18,15-10)9-6-4-3-5-7-9/h3-8H,1-2H3,(H2,13,14,15,16,18). The highest BCUT2D eigenvalue weighted by Gasteiger charge is 2.35. The predicted octanol–water partition coefficient (Wildman–Crippen LogP) is 1.90. The Hall–Kier alpha value is -2.07. The van der Waals surface area contributed by atoms with Gasteiger partial charge in [0.2, 0.25) is 0 Å². The van der Waals surface area contributed by atoms with Crippen molar-refractivity contribution >= 4 is 30.1 Å². The Morgan fingerprint density at radius 2 is 1.84 bits per heavy atom. The third-order valence-electron chi connectivity index (χ3n) is 2.90. The largest absolute Gasteiger partial charge is 0.361 e. The predicted molar refractivity (Wildman–Crippen MR) is 77.3 cm³/mol. The molecule has 1 aromatic heterocycles. The summed E-state index contributed by atoms with van der Waals surface area (Å²) in [6, 6.07) is 9.27. The van der Waals surface area contributed by atoms with Crippen LogP contribution in [0.25, 0.3) is 0 Å². The minimum absolute atomic E-state index is 0.575. The zero-order valence-electron chi connectivity index (χ0n) is 10.7. The van der Waals surface area contributed by atoms with E-state index in [4.69, 9.17) is 0 Å². The highest BCUT2D eigenvalue weighted by molar-refractivity contribution is 7.74. The molecule has 1 aliphatic rings. The Kier molecular flexibility index (Phi) is 2.68. The SMILES string of the molecule is CN(C)c1ncnc2c1NP(=O)(c1ccccc1)N2. The molecule has 2 N–H and O–H groups in total. The molecule has 3 rings (SSSR count). The molecule has 0 spiro atoms. The molecule has 0 radical (unpaired) electrons. The fourth-order valence-corrected chi connectivity index (χ4v) is 3.90. The van der Waals surface area contributed by atoms with Crippen LogP contribution in [0.1, 0.15) is 0 Å². The first-order chi connectivity index (χ1) is 9.10. The second-order valence-electron chi connectivity index (χ2n) is 4.48. The van der Waals surface area contributed by atoms with E-state index in [1.54, 1.807) is 0 Å². The highest BCUT2D eigenvalue weighted by Crippen LogP contribution is 2.54. The summed E-state index contributed by atoms with van der Waals surface area (Å²) < 4.78 is 12.9.